The van der Waals surface area contributed by atoms with Crippen LogP contribution < -0.4 is 5.32 Å². The molecule has 0 aliphatic heterocycles. The number of benzene rings is 1. The lowest BCUT2D eigenvalue weighted by molar-refractivity contribution is 0.0912. The summed E-state index contributed by atoms with van der Waals surface area (Å²) in [6.07, 6.45) is 3.32. The Morgan fingerprint density at radius 3 is 2.57 bits per heavy atom. The van der Waals surface area contributed by atoms with Crippen molar-refractivity contribution >= 4 is 17.2 Å². The van der Waals surface area contributed by atoms with Gasteiger partial charge in [-0.05, 0) is 55.5 Å². The number of aromatic nitrogens is 5. The first-order valence-electron chi connectivity index (χ1n) is 7.04. The normalized spacial score (nSPS) is 11.4. The number of aryl methyl sites for hydroxylation is 1. The maximum absolute atomic E-state index is 12.5. The summed E-state index contributed by atoms with van der Waals surface area (Å²) >= 11 is 1.58. The number of carbonyl (C=O) groups excluding carboxylic acids is 1. The van der Waals surface area contributed by atoms with Crippen LogP contribution in [0.1, 0.15) is 34.1 Å². The van der Waals surface area contributed by atoms with Gasteiger partial charge in [0.05, 0.1) is 11.2 Å². The number of carbonyl (C=O) groups is 1. The van der Waals surface area contributed by atoms with E-state index in [1.165, 1.54) is 11.0 Å². The Balaban J connectivity index is 1.75. The number of hydrogen-bond acceptors (Lipinski definition) is 6. The van der Waals surface area contributed by atoms with E-state index in [4.69, 9.17) is 0 Å². The summed E-state index contributed by atoms with van der Waals surface area (Å²) < 4.78 is 1.53. The van der Waals surface area contributed by atoms with Gasteiger partial charge in [0, 0.05) is 16.6 Å². The van der Waals surface area contributed by atoms with Gasteiger partial charge in [-0.3, -0.25) is 4.79 Å². The van der Waals surface area contributed by atoms with Crippen molar-refractivity contribution in [1.82, 2.24) is 30.5 Å². The second kappa shape index (κ2) is 5.88. The minimum atomic E-state index is -0.523. The minimum absolute atomic E-state index is 0.147. The fourth-order valence-electron chi connectivity index (χ4n) is 2.10. The molecule has 1 N–H and O–H groups in total. The average molecular weight is 328 g/mol. The summed E-state index contributed by atoms with van der Waals surface area (Å²) in [6, 6.07) is 7.09. The number of nitrogens with zero attached hydrogens (tertiary/aromatic N) is 5. The number of hydrogen-bond donors (Lipinski definition) is 1. The van der Waals surface area contributed by atoms with E-state index in [-0.39, 0.29) is 5.91 Å². The fraction of sp³-hybridized carbons (Fsp3) is 0.267. The molecule has 0 atom stereocenters. The number of nitrogens with one attached hydrogen (secondary N) is 1. The van der Waals surface area contributed by atoms with Crippen molar-refractivity contribution in [2.24, 2.45) is 0 Å². The molecule has 2 aromatic heterocycles. The molecule has 0 radical (unpaired) electrons. The van der Waals surface area contributed by atoms with E-state index in [1.54, 1.807) is 35.6 Å². The lowest BCUT2D eigenvalue weighted by atomic mass is 10.1. The number of thiazole rings is 1. The topological polar surface area (TPSA) is 85.6 Å². The highest BCUT2D eigenvalue weighted by Crippen LogP contribution is 2.25. The molecule has 0 saturated heterocycles. The van der Waals surface area contributed by atoms with Crippen LogP contribution in [0.3, 0.4) is 0 Å². The molecule has 3 aromatic rings. The smallest absolute Gasteiger partial charge is 0.252 e. The molecule has 7 nitrogen and oxygen atoms in total. The standard InChI is InChI=1S/C15H16N6OS/c1-10-8-16-14(23-10)15(2,3)18-13(22)11-4-6-12(7-5-11)21-9-17-19-20-21/h4-9H,1-3H3,(H,18,22). The Labute approximate surface area is 137 Å². The Kier molecular flexibility index (Phi) is 3.91. The van der Waals surface area contributed by atoms with Crippen LogP contribution in [0.15, 0.2) is 36.8 Å². The molecule has 1 aromatic carbocycles. The molecule has 0 spiro atoms. The van der Waals surface area contributed by atoms with E-state index < -0.39 is 5.54 Å². The third kappa shape index (κ3) is 3.26. The first kappa shape index (κ1) is 15.3. The summed E-state index contributed by atoms with van der Waals surface area (Å²) in [5.41, 5.74) is 0.842. The van der Waals surface area contributed by atoms with Crippen molar-refractivity contribution in [3.8, 4) is 5.69 Å². The maximum atomic E-state index is 12.5. The zero-order valence-corrected chi connectivity index (χ0v) is 13.8. The van der Waals surface area contributed by atoms with Crippen LogP contribution in [0.5, 0.6) is 0 Å². The van der Waals surface area contributed by atoms with Crippen LogP contribution in [0.2, 0.25) is 0 Å². The zero-order chi connectivity index (χ0) is 16.4. The van der Waals surface area contributed by atoms with Crippen LogP contribution in [0, 0.1) is 6.92 Å². The van der Waals surface area contributed by atoms with Crippen LogP contribution in [-0.4, -0.2) is 31.1 Å². The molecule has 0 fully saturated rings. The highest BCUT2D eigenvalue weighted by Gasteiger charge is 2.26. The summed E-state index contributed by atoms with van der Waals surface area (Å²) in [7, 11) is 0. The molecule has 0 bridgehead atoms. The molecule has 1 amide bonds. The monoisotopic (exact) mass is 328 g/mol. The van der Waals surface area contributed by atoms with Crippen molar-refractivity contribution < 1.29 is 4.79 Å². The molecule has 0 aliphatic rings. The van der Waals surface area contributed by atoms with Gasteiger partial charge in [-0.25, -0.2) is 9.67 Å². The molecule has 23 heavy (non-hydrogen) atoms. The van der Waals surface area contributed by atoms with Gasteiger partial charge in [-0.2, -0.15) is 0 Å². The van der Waals surface area contributed by atoms with Gasteiger partial charge in [0.2, 0.25) is 0 Å². The molecule has 118 valence electrons. The van der Waals surface area contributed by atoms with Crippen molar-refractivity contribution in [3.05, 3.63) is 52.2 Å². The summed E-state index contributed by atoms with van der Waals surface area (Å²) in [4.78, 5) is 17.9. The van der Waals surface area contributed by atoms with E-state index >= 15 is 0 Å². The Morgan fingerprint density at radius 2 is 2.00 bits per heavy atom. The highest BCUT2D eigenvalue weighted by molar-refractivity contribution is 7.11. The number of rotatable bonds is 4. The first-order chi connectivity index (χ1) is 11.0. The lowest BCUT2D eigenvalue weighted by Crippen LogP contribution is -2.40. The Morgan fingerprint density at radius 1 is 1.26 bits per heavy atom. The van der Waals surface area contributed by atoms with Gasteiger partial charge < -0.3 is 5.32 Å². The van der Waals surface area contributed by atoms with Gasteiger partial charge in [-0.1, -0.05) is 0 Å². The van der Waals surface area contributed by atoms with E-state index in [0.29, 0.717) is 5.56 Å². The van der Waals surface area contributed by atoms with E-state index in [0.717, 1.165) is 15.6 Å². The highest BCUT2D eigenvalue weighted by atomic mass is 32.1. The molecule has 0 unspecified atom stereocenters. The van der Waals surface area contributed by atoms with Gasteiger partial charge in [0.1, 0.15) is 11.3 Å². The van der Waals surface area contributed by atoms with Crippen LogP contribution in [0.4, 0.5) is 0 Å². The molecule has 8 heteroatoms. The van der Waals surface area contributed by atoms with Gasteiger partial charge in [0.15, 0.2) is 0 Å². The van der Waals surface area contributed by atoms with Gasteiger partial charge in [-0.15, -0.1) is 16.4 Å². The Bertz CT molecular complexity index is 807. The molecule has 0 saturated carbocycles. The number of tetrazole rings is 1. The SMILES string of the molecule is Cc1cnc(C(C)(C)NC(=O)c2ccc(-n3cnnn3)cc2)s1. The van der Waals surface area contributed by atoms with Crippen LogP contribution in [0.25, 0.3) is 5.69 Å². The molecule has 2 heterocycles. The molecule has 3 rings (SSSR count). The van der Waals surface area contributed by atoms with Gasteiger partial charge in [0.25, 0.3) is 5.91 Å². The minimum Gasteiger partial charge on any atom is -0.341 e. The van der Waals surface area contributed by atoms with E-state index in [2.05, 4.69) is 25.8 Å². The first-order valence-corrected chi connectivity index (χ1v) is 7.86. The predicted octanol–water partition coefficient (Wildman–Crippen LogP) is 2.09. The van der Waals surface area contributed by atoms with Crippen molar-refractivity contribution in [2.75, 3.05) is 0 Å². The van der Waals surface area contributed by atoms with Gasteiger partial charge >= 0.3 is 0 Å². The third-order valence-electron chi connectivity index (χ3n) is 3.33. The molecular formula is C15H16N6OS. The van der Waals surface area contributed by atoms with Crippen LogP contribution >= 0.6 is 11.3 Å². The molecular weight excluding hydrogens is 312 g/mol. The summed E-state index contributed by atoms with van der Waals surface area (Å²) in [5.74, 6) is -0.147. The largest absolute Gasteiger partial charge is 0.341 e. The lowest BCUT2D eigenvalue weighted by Gasteiger charge is -2.23. The fourth-order valence-corrected chi connectivity index (χ4v) is 2.92. The molecule has 0 aliphatic carbocycles. The van der Waals surface area contributed by atoms with Crippen molar-refractivity contribution in [1.29, 1.82) is 0 Å². The zero-order valence-electron chi connectivity index (χ0n) is 13.0. The Hall–Kier alpha value is -2.61. The third-order valence-corrected chi connectivity index (χ3v) is 4.56. The summed E-state index contributed by atoms with van der Waals surface area (Å²) in [5, 5.41) is 14.9. The van der Waals surface area contributed by atoms with Crippen molar-refractivity contribution in [2.45, 2.75) is 26.3 Å². The van der Waals surface area contributed by atoms with Crippen molar-refractivity contribution in [3.63, 3.8) is 0 Å². The second-order valence-electron chi connectivity index (χ2n) is 5.66. The quantitative estimate of drug-likeness (QED) is 0.792. The summed E-state index contributed by atoms with van der Waals surface area (Å²) in [6.45, 7) is 5.88. The number of amides is 1. The van der Waals surface area contributed by atoms with Crippen LogP contribution in [-0.2, 0) is 5.54 Å². The second-order valence-corrected chi connectivity index (χ2v) is 6.89. The average Bonchev–Trinajstić information content (AvgIpc) is 3.18. The maximum Gasteiger partial charge on any atom is 0.252 e. The van der Waals surface area contributed by atoms with E-state index in [9.17, 15) is 4.79 Å². The predicted molar refractivity (Wildman–Crippen MR) is 86.5 cm³/mol. The van der Waals surface area contributed by atoms with E-state index in [1.807, 2.05) is 27.0 Å².